The fraction of sp³-hybridized carbons (Fsp3) is 0.350. The Balaban J connectivity index is 0.00000243. The zero-order valence-corrected chi connectivity index (χ0v) is 17.3. The normalized spacial score (nSPS) is 15.7. The molecule has 2 aromatic carbocycles. The van der Waals surface area contributed by atoms with Gasteiger partial charge in [0.05, 0.1) is 6.54 Å². The minimum absolute atomic E-state index is 0. The van der Waals surface area contributed by atoms with Crippen LogP contribution in [0.25, 0.3) is 0 Å². The number of nitrogens with zero attached hydrogens (tertiary/aromatic N) is 1. The van der Waals surface area contributed by atoms with Crippen molar-refractivity contribution in [3.8, 4) is 11.5 Å². The van der Waals surface area contributed by atoms with Gasteiger partial charge >= 0.3 is 0 Å². The molecule has 0 saturated carbocycles. The third kappa shape index (κ3) is 6.09. The van der Waals surface area contributed by atoms with Gasteiger partial charge in [-0.15, -0.1) is 24.0 Å². The average Bonchev–Trinajstić information content (AvgIpc) is 2.68. The molecule has 1 aliphatic rings. The van der Waals surface area contributed by atoms with Crippen LogP contribution in [0.15, 0.2) is 59.6 Å². The van der Waals surface area contributed by atoms with E-state index in [1.165, 1.54) is 5.56 Å². The number of nitrogens with one attached hydrogen (secondary N) is 2. The van der Waals surface area contributed by atoms with E-state index in [1.807, 2.05) is 30.3 Å². The Hall–Kier alpha value is -1.96. The zero-order valence-electron chi connectivity index (χ0n) is 15.0. The van der Waals surface area contributed by atoms with E-state index in [0.29, 0.717) is 13.2 Å². The van der Waals surface area contributed by atoms with Crippen molar-refractivity contribution in [2.24, 2.45) is 4.99 Å². The highest BCUT2D eigenvalue weighted by Gasteiger charge is 2.20. The molecule has 1 aliphatic heterocycles. The van der Waals surface area contributed by atoms with Gasteiger partial charge in [0.15, 0.2) is 17.5 Å². The predicted molar refractivity (Wildman–Crippen MR) is 116 cm³/mol. The molecule has 1 unspecified atom stereocenters. The summed E-state index contributed by atoms with van der Waals surface area (Å²) in [6.45, 7) is 2.06. The number of aliphatic imine (C=N–C) groups is 1. The molecule has 1 atom stereocenters. The number of para-hydroxylation sites is 2. The summed E-state index contributed by atoms with van der Waals surface area (Å²) in [6.07, 6.45) is 2.08. The number of halogens is 1. The van der Waals surface area contributed by atoms with E-state index in [1.54, 1.807) is 7.05 Å². The fourth-order valence-corrected chi connectivity index (χ4v) is 2.74. The van der Waals surface area contributed by atoms with Crippen LogP contribution in [0.3, 0.4) is 0 Å². The summed E-state index contributed by atoms with van der Waals surface area (Å²) in [5.41, 5.74) is 1.36. The molecule has 0 radical (unpaired) electrons. The van der Waals surface area contributed by atoms with Gasteiger partial charge < -0.3 is 20.1 Å². The maximum atomic E-state index is 5.94. The number of guanidine groups is 1. The lowest BCUT2D eigenvalue weighted by Gasteiger charge is -2.27. The van der Waals surface area contributed by atoms with E-state index in [9.17, 15) is 0 Å². The molecule has 0 aliphatic carbocycles. The molecule has 5 nitrogen and oxygen atoms in total. The highest BCUT2D eigenvalue weighted by atomic mass is 127. The van der Waals surface area contributed by atoms with Gasteiger partial charge in [0, 0.05) is 13.6 Å². The lowest BCUT2D eigenvalue weighted by molar-refractivity contribution is 0.0936. The first kappa shape index (κ1) is 20.4. The number of rotatable bonds is 6. The third-order valence-corrected chi connectivity index (χ3v) is 4.07. The van der Waals surface area contributed by atoms with Crippen molar-refractivity contribution in [1.82, 2.24) is 10.6 Å². The quantitative estimate of drug-likeness (QED) is 0.297. The number of fused-ring (bicyclic) bond motifs is 1. The summed E-state index contributed by atoms with van der Waals surface area (Å²) in [7, 11) is 1.78. The van der Waals surface area contributed by atoms with E-state index >= 15 is 0 Å². The van der Waals surface area contributed by atoms with Crippen LogP contribution < -0.4 is 20.1 Å². The van der Waals surface area contributed by atoms with Crippen molar-refractivity contribution in [2.75, 3.05) is 26.7 Å². The Kier molecular flexibility index (Phi) is 8.53. The second-order valence-electron chi connectivity index (χ2n) is 5.97. The second-order valence-corrected chi connectivity index (χ2v) is 5.97. The largest absolute Gasteiger partial charge is 0.486 e. The Morgan fingerprint density at radius 3 is 2.54 bits per heavy atom. The Bertz CT molecular complexity index is 694. The summed E-state index contributed by atoms with van der Waals surface area (Å²) < 4.78 is 11.7. The molecule has 140 valence electrons. The van der Waals surface area contributed by atoms with E-state index in [0.717, 1.165) is 36.8 Å². The van der Waals surface area contributed by atoms with Gasteiger partial charge in [-0.1, -0.05) is 42.5 Å². The van der Waals surface area contributed by atoms with Crippen molar-refractivity contribution in [3.05, 3.63) is 60.2 Å². The topological polar surface area (TPSA) is 54.9 Å². The summed E-state index contributed by atoms with van der Waals surface area (Å²) in [4.78, 5) is 4.26. The van der Waals surface area contributed by atoms with Crippen molar-refractivity contribution in [3.63, 3.8) is 0 Å². The van der Waals surface area contributed by atoms with Gasteiger partial charge in [0.2, 0.25) is 0 Å². The second kappa shape index (κ2) is 10.9. The van der Waals surface area contributed by atoms with Gasteiger partial charge in [-0.05, 0) is 30.5 Å². The molecular formula is C20H26IN3O2. The van der Waals surface area contributed by atoms with Gasteiger partial charge in [0.1, 0.15) is 12.7 Å². The van der Waals surface area contributed by atoms with Crippen LogP contribution in [-0.4, -0.2) is 38.8 Å². The lowest BCUT2D eigenvalue weighted by Crippen LogP contribution is -2.45. The monoisotopic (exact) mass is 467 g/mol. The maximum Gasteiger partial charge on any atom is 0.191 e. The van der Waals surface area contributed by atoms with Crippen LogP contribution in [0.1, 0.15) is 12.0 Å². The number of hydrogen-bond acceptors (Lipinski definition) is 3. The highest BCUT2D eigenvalue weighted by Crippen LogP contribution is 2.30. The number of aryl methyl sites for hydroxylation is 1. The van der Waals surface area contributed by atoms with Crippen molar-refractivity contribution in [2.45, 2.75) is 18.9 Å². The lowest BCUT2D eigenvalue weighted by atomic mass is 10.1. The standard InChI is InChI=1S/C20H25N3O2.HI/c1-21-20(22-13-7-10-16-8-3-2-4-9-16)23-14-17-15-24-18-11-5-6-12-19(18)25-17;/h2-6,8-9,11-12,17H,7,10,13-15H2,1H3,(H2,21,22,23);1H. The minimum Gasteiger partial charge on any atom is -0.486 e. The van der Waals surface area contributed by atoms with E-state index in [4.69, 9.17) is 9.47 Å². The molecule has 0 saturated heterocycles. The predicted octanol–water partition coefficient (Wildman–Crippen LogP) is 3.24. The molecule has 0 spiro atoms. The van der Waals surface area contributed by atoms with Crippen LogP contribution in [0, 0.1) is 0 Å². The molecule has 2 N–H and O–H groups in total. The van der Waals surface area contributed by atoms with Gasteiger partial charge in [0.25, 0.3) is 0 Å². The molecule has 0 fully saturated rings. The van der Waals surface area contributed by atoms with Gasteiger partial charge in [-0.2, -0.15) is 0 Å². The summed E-state index contributed by atoms with van der Waals surface area (Å²) >= 11 is 0. The first-order chi connectivity index (χ1) is 12.3. The number of ether oxygens (including phenoxy) is 2. The van der Waals surface area contributed by atoms with E-state index in [-0.39, 0.29) is 30.1 Å². The molecule has 3 rings (SSSR count). The van der Waals surface area contributed by atoms with Gasteiger partial charge in [-0.3, -0.25) is 4.99 Å². The van der Waals surface area contributed by atoms with Crippen molar-refractivity contribution in [1.29, 1.82) is 0 Å². The molecule has 2 aromatic rings. The molecular weight excluding hydrogens is 441 g/mol. The Morgan fingerprint density at radius 1 is 1.04 bits per heavy atom. The van der Waals surface area contributed by atoms with Crippen molar-refractivity contribution < 1.29 is 9.47 Å². The molecule has 0 amide bonds. The molecule has 26 heavy (non-hydrogen) atoms. The SMILES string of the molecule is CN=C(NCCCc1ccccc1)NCC1COc2ccccc2O1.I. The summed E-state index contributed by atoms with van der Waals surface area (Å²) in [5, 5.41) is 6.64. The smallest absolute Gasteiger partial charge is 0.191 e. The average molecular weight is 467 g/mol. The molecule has 6 heteroatoms. The third-order valence-electron chi connectivity index (χ3n) is 4.07. The number of hydrogen-bond donors (Lipinski definition) is 2. The fourth-order valence-electron chi connectivity index (χ4n) is 2.74. The Labute approximate surface area is 172 Å². The minimum atomic E-state index is -0.0298. The van der Waals surface area contributed by atoms with Crippen LogP contribution in [0.4, 0.5) is 0 Å². The summed E-state index contributed by atoms with van der Waals surface area (Å²) in [6, 6.07) is 18.3. The van der Waals surface area contributed by atoms with Crippen LogP contribution >= 0.6 is 24.0 Å². The van der Waals surface area contributed by atoms with Crippen molar-refractivity contribution >= 4 is 29.9 Å². The first-order valence-electron chi connectivity index (χ1n) is 8.72. The maximum absolute atomic E-state index is 5.94. The summed E-state index contributed by atoms with van der Waals surface area (Å²) in [5.74, 6) is 2.39. The molecule has 0 bridgehead atoms. The Morgan fingerprint density at radius 2 is 1.77 bits per heavy atom. The highest BCUT2D eigenvalue weighted by molar-refractivity contribution is 14.0. The van der Waals surface area contributed by atoms with E-state index in [2.05, 4.69) is 39.9 Å². The van der Waals surface area contributed by atoms with Crippen LogP contribution in [0.2, 0.25) is 0 Å². The van der Waals surface area contributed by atoms with Crippen LogP contribution in [-0.2, 0) is 6.42 Å². The first-order valence-corrected chi connectivity index (χ1v) is 8.72. The molecule has 1 heterocycles. The zero-order chi connectivity index (χ0) is 17.3. The van der Waals surface area contributed by atoms with Gasteiger partial charge in [-0.25, -0.2) is 0 Å². The number of benzene rings is 2. The van der Waals surface area contributed by atoms with E-state index < -0.39 is 0 Å². The molecule has 0 aromatic heterocycles. The van der Waals surface area contributed by atoms with Crippen LogP contribution in [0.5, 0.6) is 11.5 Å².